The van der Waals surface area contributed by atoms with Crippen molar-refractivity contribution in [2.24, 2.45) is 0 Å². The molecule has 15 heavy (non-hydrogen) atoms. The van der Waals surface area contributed by atoms with E-state index in [1.807, 2.05) is 13.8 Å². The van der Waals surface area contributed by atoms with Crippen molar-refractivity contribution in [3.63, 3.8) is 0 Å². The van der Waals surface area contributed by atoms with Gasteiger partial charge >= 0.3 is 0 Å². The minimum Gasteiger partial charge on any atom is -0.207 e. The van der Waals surface area contributed by atoms with Crippen LogP contribution in [0.2, 0.25) is 0 Å². The Kier molecular flexibility index (Phi) is 3.80. The van der Waals surface area contributed by atoms with Gasteiger partial charge in [0.15, 0.2) is 0 Å². The molecule has 1 aromatic carbocycles. The first kappa shape index (κ1) is 12.9. The van der Waals surface area contributed by atoms with Gasteiger partial charge in [0.05, 0.1) is 0 Å². The second-order valence-electron chi connectivity index (χ2n) is 5.25. The highest BCUT2D eigenvalue weighted by Crippen LogP contribution is 2.33. The molecule has 0 heterocycles. The maximum atomic E-state index is 13.9. The molecule has 0 bridgehead atoms. The topological polar surface area (TPSA) is 0 Å². The highest BCUT2D eigenvalue weighted by molar-refractivity contribution is 14.1. The van der Waals surface area contributed by atoms with Crippen LogP contribution in [0.1, 0.15) is 51.7 Å². The van der Waals surface area contributed by atoms with Gasteiger partial charge in [-0.1, -0.05) is 34.6 Å². The zero-order chi connectivity index (χ0) is 11.8. The van der Waals surface area contributed by atoms with Crippen LogP contribution in [0.15, 0.2) is 12.1 Å². The molecular formula is C13H18FI. The van der Waals surface area contributed by atoms with Crippen molar-refractivity contribution in [2.45, 2.75) is 46.0 Å². The predicted octanol–water partition coefficient (Wildman–Crippen LogP) is 4.85. The molecule has 0 fully saturated rings. The monoisotopic (exact) mass is 320 g/mol. The van der Waals surface area contributed by atoms with Crippen LogP contribution < -0.4 is 0 Å². The van der Waals surface area contributed by atoms with Crippen molar-refractivity contribution in [1.29, 1.82) is 0 Å². The molecule has 1 rings (SSSR count). The van der Waals surface area contributed by atoms with Gasteiger partial charge in [0.2, 0.25) is 0 Å². The van der Waals surface area contributed by atoms with E-state index in [1.165, 1.54) is 0 Å². The summed E-state index contributed by atoms with van der Waals surface area (Å²) in [6, 6.07) is 3.71. The number of benzene rings is 1. The largest absolute Gasteiger partial charge is 0.207 e. The summed E-state index contributed by atoms with van der Waals surface area (Å²) in [6.45, 7) is 10.5. The van der Waals surface area contributed by atoms with E-state index in [0.717, 1.165) is 14.7 Å². The summed E-state index contributed by atoms with van der Waals surface area (Å²) in [7, 11) is 0. The van der Waals surface area contributed by atoms with Gasteiger partial charge in [-0.3, -0.25) is 0 Å². The number of rotatable bonds is 1. The Morgan fingerprint density at radius 1 is 1.20 bits per heavy atom. The number of hydrogen-bond acceptors (Lipinski definition) is 0. The van der Waals surface area contributed by atoms with Gasteiger partial charge in [0, 0.05) is 3.57 Å². The van der Waals surface area contributed by atoms with Gasteiger partial charge in [0.25, 0.3) is 0 Å². The third-order valence-corrected chi connectivity index (χ3v) is 3.10. The van der Waals surface area contributed by atoms with Crippen LogP contribution in [0, 0.1) is 9.39 Å². The molecule has 0 N–H and O–H groups in total. The van der Waals surface area contributed by atoms with Gasteiger partial charge in [-0.25, -0.2) is 4.39 Å². The Labute approximate surface area is 105 Å². The van der Waals surface area contributed by atoms with E-state index in [9.17, 15) is 4.39 Å². The molecule has 0 aromatic heterocycles. The lowest BCUT2D eigenvalue weighted by Gasteiger charge is -2.25. The Morgan fingerprint density at radius 2 is 1.73 bits per heavy atom. The Bertz CT molecular complexity index is 362. The van der Waals surface area contributed by atoms with Gasteiger partial charge in [0.1, 0.15) is 5.82 Å². The average molecular weight is 320 g/mol. The fraction of sp³-hybridized carbons (Fsp3) is 0.538. The van der Waals surface area contributed by atoms with E-state index in [1.54, 1.807) is 6.07 Å². The number of hydrogen-bond donors (Lipinski definition) is 0. The van der Waals surface area contributed by atoms with Crippen molar-refractivity contribution in [1.82, 2.24) is 0 Å². The van der Waals surface area contributed by atoms with E-state index < -0.39 is 0 Å². The van der Waals surface area contributed by atoms with E-state index in [2.05, 4.69) is 49.4 Å². The molecular weight excluding hydrogens is 302 g/mol. The summed E-state index contributed by atoms with van der Waals surface area (Å²) in [6.07, 6.45) is 0. The molecule has 0 nitrogen and oxygen atoms in total. The normalized spacial score (nSPS) is 12.3. The SMILES string of the molecule is CC(C)c1c(F)cc(I)cc1C(C)(C)C. The molecule has 0 aliphatic rings. The first-order valence-electron chi connectivity index (χ1n) is 5.23. The highest BCUT2D eigenvalue weighted by atomic mass is 127. The molecule has 1 aromatic rings. The molecule has 0 aliphatic heterocycles. The van der Waals surface area contributed by atoms with Crippen LogP contribution in [0.3, 0.4) is 0 Å². The molecule has 0 aliphatic carbocycles. The zero-order valence-electron chi connectivity index (χ0n) is 9.99. The van der Waals surface area contributed by atoms with Crippen LogP contribution in [0.25, 0.3) is 0 Å². The molecule has 0 amide bonds. The van der Waals surface area contributed by atoms with Crippen molar-refractivity contribution >= 4 is 22.6 Å². The smallest absolute Gasteiger partial charge is 0.128 e. The lowest BCUT2D eigenvalue weighted by Crippen LogP contribution is -2.16. The lowest BCUT2D eigenvalue weighted by molar-refractivity contribution is 0.543. The summed E-state index contributed by atoms with van der Waals surface area (Å²) in [5.74, 6) is 0.165. The fourth-order valence-electron chi connectivity index (χ4n) is 1.79. The standard InChI is InChI=1S/C13H18FI/c1-8(2)12-10(13(3,4)5)6-9(15)7-11(12)14/h6-8H,1-5H3. The number of halogens is 2. The lowest BCUT2D eigenvalue weighted by atomic mass is 9.80. The van der Waals surface area contributed by atoms with Crippen LogP contribution >= 0.6 is 22.6 Å². The molecule has 84 valence electrons. The van der Waals surface area contributed by atoms with Gasteiger partial charge in [-0.05, 0) is 57.2 Å². The van der Waals surface area contributed by atoms with Crippen molar-refractivity contribution in [3.05, 3.63) is 32.6 Å². The van der Waals surface area contributed by atoms with Crippen molar-refractivity contribution in [2.75, 3.05) is 0 Å². The van der Waals surface area contributed by atoms with E-state index >= 15 is 0 Å². The summed E-state index contributed by atoms with van der Waals surface area (Å²) in [5.41, 5.74) is 1.99. The van der Waals surface area contributed by atoms with Crippen molar-refractivity contribution in [3.8, 4) is 0 Å². The summed E-state index contributed by atoms with van der Waals surface area (Å²) >= 11 is 2.17. The Morgan fingerprint density at radius 3 is 2.13 bits per heavy atom. The predicted molar refractivity (Wildman–Crippen MR) is 71.9 cm³/mol. The van der Waals surface area contributed by atoms with Crippen LogP contribution in [0.5, 0.6) is 0 Å². The van der Waals surface area contributed by atoms with Gasteiger partial charge in [-0.2, -0.15) is 0 Å². The zero-order valence-corrected chi connectivity index (χ0v) is 12.1. The molecule has 0 radical (unpaired) electrons. The summed E-state index contributed by atoms with van der Waals surface area (Å²) in [5, 5.41) is 0. The minimum absolute atomic E-state index is 0.00161. The molecule has 2 heteroatoms. The third kappa shape index (κ3) is 2.92. The minimum atomic E-state index is -0.0678. The van der Waals surface area contributed by atoms with Crippen LogP contribution in [0.4, 0.5) is 4.39 Å². The molecule has 0 saturated carbocycles. The van der Waals surface area contributed by atoms with Gasteiger partial charge < -0.3 is 0 Å². The first-order chi connectivity index (χ1) is 6.73. The first-order valence-corrected chi connectivity index (χ1v) is 6.30. The quantitative estimate of drug-likeness (QED) is 0.649. The Hall–Kier alpha value is -0.120. The van der Waals surface area contributed by atoms with Crippen LogP contribution in [-0.4, -0.2) is 0 Å². The van der Waals surface area contributed by atoms with E-state index in [0.29, 0.717) is 0 Å². The maximum Gasteiger partial charge on any atom is 0.128 e. The molecule has 0 saturated heterocycles. The second kappa shape index (κ2) is 4.40. The fourth-order valence-corrected chi connectivity index (χ4v) is 2.38. The highest BCUT2D eigenvalue weighted by Gasteiger charge is 2.22. The summed E-state index contributed by atoms with van der Waals surface area (Å²) < 4.78 is 14.9. The van der Waals surface area contributed by atoms with E-state index in [-0.39, 0.29) is 17.2 Å². The molecule has 0 atom stereocenters. The van der Waals surface area contributed by atoms with E-state index in [4.69, 9.17) is 0 Å². The van der Waals surface area contributed by atoms with Crippen LogP contribution in [-0.2, 0) is 5.41 Å². The Balaban J connectivity index is 3.47. The third-order valence-electron chi connectivity index (χ3n) is 2.48. The molecule has 0 spiro atoms. The average Bonchev–Trinajstić information content (AvgIpc) is 1.99. The van der Waals surface area contributed by atoms with Crippen molar-refractivity contribution < 1.29 is 4.39 Å². The summed E-state index contributed by atoms with van der Waals surface area (Å²) in [4.78, 5) is 0. The maximum absolute atomic E-state index is 13.9. The van der Waals surface area contributed by atoms with Gasteiger partial charge in [-0.15, -0.1) is 0 Å². The second-order valence-corrected chi connectivity index (χ2v) is 6.50. The molecule has 0 unspecified atom stereocenters.